The van der Waals surface area contributed by atoms with E-state index >= 15 is 0 Å². The average Bonchev–Trinajstić information content (AvgIpc) is 3.43. The summed E-state index contributed by atoms with van der Waals surface area (Å²) in [6, 6.07) is 25.1. The number of alkyl halides is 1. The van der Waals surface area contributed by atoms with E-state index in [0.29, 0.717) is 0 Å². The molecule has 143 valence electrons. The first-order valence-electron chi connectivity index (χ1n) is 8.64. The van der Waals surface area contributed by atoms with Crippen molar-refractivity contribution in [1.82, 2.24) is 0 Å². The summed E-state index contributed by atoms with van der Waals surface area (Å²) in [7, 11) is 3.34. The van der Waals surface area contributed by atoms with Crippen molar-refractivity contribution in [3.8, 4) is 22.3 Å². The molecule has 2 aromatic heterocycles. The third kappa shape index (κ3) is 8.65. The molecule has 0 saturated heterocycles. The quantitative estimate of drug-likeness (QED) is 0.213. The van der Waals surface area contributed by atoms with E-state index in [-0.39, 0.29) is 0 Å². The number of hydrogen-bond donors (Lipinski definition) is 1. The van der Waals surface area contributed by atoms with Crippen LogP contribution < -0.4 is 0 Å². The first-order valence-corrected chi connectivity index (χ1v) is 10.9. The molecule has 0 aliphatic carbocycles. The first-order chi connectivity index (χ1) is 14.2. The normalized spacial score (nSPS) is 9.29. The fourth-order valence-corrected chi connectivity index (χ4v) is 4.16. The second-order valence-corrected chi connectivity index (χ2v) is 8.21. The van der Waals surface area contributed by atoms with E-state index in [1.54, 1.807) is 22.7 Å². The molecule has 0 atom stereocenters. The van der Waals surface area contributed by atoms with Gasteiger partial charge in [-0.15, -0.1) is 11.3 Å². The predicted octanol–water partition coefficient (Wildman–Crippen LogP) is 8.36. The Morgan fingerprint density at radius 2 is 1.46 bits per heavy atom. The topological polar surface area (TPSA) is 12.4 Å². The molecule has 0 N–H and O–H groups in total. The van der Waals surface area contributed by atoms with Gasteiger partial charge in [0.1, 0.15) is 0 Å². The number of halogens is 2. The Labute approximate surface area is 190 Å². The molecule has 0 fully saturated rings. The zero-order valence-electron chi connectivity index (χ0n) is 15.9. The second kappa shape index (κ2) is 15.4. The van der Waals surface area contributed by atoms with Crippen LogP contribution in [0.1, 0.15) is 1.37 Å². The fourth-order valence-electron chi connectivity index (χ4n) is 2.18. The maximum atomic E-state index is 9.96. The Morgan fingerprint density at radius 3 is 1.89 bits per heavy atom. The molecule has 4 rings (SSSR count). The molecule has 1 nitrogen and oxygen atoms in total. The van der Waals surface area contributed by atoms with Gasteiger partial charge in [-0.05, 0) is 60.9 Å². The Hall–Kier alpha value is -1.54. The minimum absolute atomic E-state index is 1.00. The SMILES string of the molecule is Brc1sccc1-c1ccccc1.[2H]CF.[B]=NS.c1ccc(-c2ccsc2)cc1. The Bertz CT molecular complexity index is 906. The van der Waals surface area contributed by atoms with E-state index in [9.17, 15) is 4.39 Å². The molecule has 0 spiro atoms. The minimum atomic E-state index is -1.00. The molecule has 1 radical (unpaired) electrons. The molecular formula is C21H19BBrFNS3. The van der Waals surface area contributed by atoms with Gasteiger partial charge in [0, 0.05) is 5.56 Å². The van der Waals surface area contributed by atoms with Gasteiger partial charge in [0.05, 0.1) is 12.3 Å². The molecular weight excluding hydrogens is 472 g/mol. The van der Waals surface area contributed by atoms with E-state index in [4.69, 9.17) is 1.37 Å². The van der Waals surface area contributed by atoms with Crippen molar-refractivity contribution in [1.29, 1.82) is 0 Å². The summed E-state index contributed by atoms with van der Waals surface area (Å²) < 4.78 is 19.4. The molecule has 0 saturated carbocycles. The first kappa shape index (κ1) is 22.8. The van der Waals surface area contributed by atoms with Gasteiger partial charge in [-0.1, -0.05) is 60.7 Å². The molecule has 0 amide bonds. The number of thiol groups is 1. The predicted molar refractivity (Wildman–Crippen MR) is 131 cm³/mol. The smallest absolute Gasteiger partial charge is 0.00147 e. The van der Waals surface area contributed by atoms with Crippen molar-refractivity contribution >= 4 is 59.1 Å². The van der Waals surface area contributed by atoms with Crippen LogP contribution in [0, 0.1) is 0 Å². The van der Waals surface area contributed by atoms with Crippen LogP contribution in [-0.2, 0) is 0 Å². The van der Waals surface area contributed by atoms with Crippen LogP contribution in [0.5, 0.6) is 0 Å². The molecule has 0 bridgehead atoms. The second-order valence-electron chi connectivity index (χ2n) is 4.97. The number of rotatable bonds is 2. The van der Waals surface area contributed by atoms with Crippen molar-refractivity contribution in [3.63, 3.8) is 0 Å². The van der Waals surface area contributed by atoms with E-state index in [0.717, 1.165) is 0 Å². The molecule has 7 heteroatoms. The number of thiophene rings is 2. The summed E-state index contributed by atoms with van der Waals surface area (Å²) in [5, 5.41) is 6.35. The summed E-state index contributed by atoms with van der Waals surface area (Å²) in [6.07, 6.45) is 0. The summed E-state index contributed by atoms with van der Waals surface area (Å²) in [5.41, 5.74) is 5.16. The zero-order chi connectivity index (χ0) is 21.3. The summed E-state index contributed by atoms with van der Waals surface area (Å²) in [4.78, 5) is 0. The third-order valence-electron chi connectivity index (χ3n) is 3.33. The molecule has 4 aromatic rings. The Balaban J connectivity index is 0.000000230. The monoisotopic (exact) mass is 491 g/mol. The van der Waals surface area contributed by atoms with Crippen LogP contribution in [0.4, 0.5) is 4.39 Å². The summed E-state index contributed by atoms with van der Waals surface area (Å²) in [5.74, 6) is 0. The number of benzene rings is 2. The van der Waals surface area contributed by atoms with Gasteiger partial charge in [0.25, 0.3) is 0 Å². The van der Waals surface area contributed by atoms with Gasteiger partial charge < -0.3 is 0 Å². The molecule has 2 heterocycles. The van der Waals surface area contributed by atoms with Crippen LogP contribution >= 0.6 is 51.4 Å². The standard InChI is InChI=1S/C10H7BrS.C10H8S.CH3F.BHNS/c11-10-9(6-7-12-10)8-4-2-1-3-5-8;1-2-4-9(5-3-1)10-6-7-11-8-10;1-2;1-2-3/h1-7H;1-8H;1H3;3H/i;;1D;. The molecule has 0 aliphatic rings. The number of hydrogen-bond acceptors (Lipinski definition) is 4. The molecule has 28 heavy (non-hydrogen) atoms. The van der Waals surface area contributed by atoms with Crippen molar-refractivity contribution in [2.24, 2.45) is 4.30 Å². The van der Waals surface area contributed by atoms with E-state index in [2.05, 4.69) is 117 Å². The Kier molecular flexibility index (Phi) is 12.5. The minimum Gasteiger partial charge on any atom is -0.152 e. The van der Waals surface area contributed by atoms with Crippen molar-refractivity contribution in [2.45, 2.75) is 0 Å². The van der Waals surface area contributed by atoms with Gasteiger partial charge in [-0.25, -0.2) is 0 Å². The maximum absolute atomic E-state index is 9.96. The number of nitrogens with zero attached hydrogens (tertiary/aromatic N) is 1. The van der Waals surface area contributed by atoms with Crippen molar-refractivity contribution in [3.05, 3.63) is 92.7 Å². The molecule has 2 aromatic carbocycles. The van der Waals surface area contributed by atoms with Crippen LogP contribution in [0.15, 0.2) is 97.0 Å². The zero-order valence-corrected chi connectivity index (χ0v) is 19.0. The van der Waals surface area contributed by atoms with Crippen molar-refractivity contribution in [2.75, 3.05) is 7.15 Å². The van der Waals surface area contributed by atoms with Crippen LogP contribution in [0.25, 0.3) is 22.3 Å². The van der Waals surface area contributed by atoms with Crippen molar-refractivity contribution < 1.29 is 5.76 Å². The van der Waals surface area contributed by atoms with Crippen LogP contribution in [0.2, 0.25) is 0 Å². The van der Waals surface area contributed by atoms with Gasteiger partial charge in [-0.2, -0.15) is 11.3 Å². The summed E-state index contributed by atoms with van der Waals surface area (Å²) >= 11 is 10.2. The van der Waals surface area contributed by atoms with Crippen LogP contribution in [0.3, 0.4) is 0 Å². The van der Waals surface area contributed by atoms with E-state index in [1.165, 1.54) is 26.0 Å². The fraction of sp³-hybridized carbons (Fsp3) is 0.0476. The van der Waals surface area contributed by atoms with Crippen LogP contribution in [-0.4, -0.2) is 14.8 Å². The van der Waals surface area contributed by atoms with Gasteiger partial charge in [0.15, 0.2) is 0 Å². The molecule has 0 unspecified atom stereocenters. The largest absolute Gasteiger partial charge is 0.152 e. The van der Waals surface area contributed by atoms with E-state index < -0.39 is 7.15 Å². The molecule has 0 aliphatic heterocycles. The van der Waals surface area contributed by atoms with Gasteiger partial charge >= 0.3 is 24.8 Å². The van der Waals surface area contributed by atoms with Gasteiger partial charge in [-0.3, -0.25) is 4.39 Å². The maximum Gasteiger partial charge on any atom is -0.00147 e. The van der Waals surface area contributed by atoms with Gasteiger partial charge in [0.2, 0.25) is 0 Å². The Morgan fingerprint density at radius 1 is 0.929 bits per heavy atom. The van der Waals surface area contributed by atoms with E-state index in [1.807, 2.05) is 12.1 Å². The average molecular weight is 492 g/mol. The third-order valence-corrected chi connectivity index (χ3v) is 5.70. The summed E-state index contributed by atoms with van der Waals surface area (Å²) in [6.45, 7) is 0.